The lowest BCUT2D eigenvalue weighted by Crippen LogP contribution is -2.20. The molecule has 0 atom stereocenters. The highest BCUT2D eigenvalue weighted by Gasteiger charge is 2.28. The third-order valence-electron chi connectivity index (χ3n) is 5.12. The Labute approximate surface area is 196 Å². The maximum atomic E-state index is 12.8. The molecule has 0 radical (unpaired) electrons. The maximum absolute atomic E-state index is 12.8. The Kier molecular flexibility index (Phi) is 6.68. The molecule has 1 heterocycles. The molecular formula is C26H23NO7. The maximum Gasteiger partial charge on any atom is 0.262 e. The number of carbonyl (C=O) groups is 2. The lowest BCUT2D eigenvalue weighted by Gasteiger charge is -2.11. The zero-order valence-electron chi connectivity index (χ0n) is 18.9. The van der Waals surface area contributed by atoms with Gasteiger partial charge in [0, 0.05) is 17.7 Å². The van der Waals surface area contributed by atoms with Gasteiger partial charge in [-0.25, -0.2) is 0 Å². The van der Waals surface area contributed by atoms with Crippen LogP contribution in [0.25, 0.3) is 6.08 Å². The predicted octanol–water partition coefficient (Wildman–Crippen LogP) is 4.35. The van der Waals surface area contributed by atoms with Gasteiger partial charge in [-0.3, -0.25) is 9.59 Å². The van der Waals surface area contributed by atoms with Crippen molar-refractivity contribution in [3.63, 3.8) is 0 Å². The Hall–Kier alpha value is -4.46. The van der Waals surface area contributed by atoms with E-state index in [1.54, 1.807) is 67.8 Å². The van der Waals surface area contributed by atoms with Crippen molar-refractivity contribution in [3.8, 4) is 28.7 Å². The summed E-state index contributed by atoms with van der Waals surface area (Å²) in [5, 5.41) is 2.74. The van der Waals surface area contributed by atoms with Gasteiger partial charge in [0.15, 0.2) is 12.4 Å². The number of allylic oxidation sites excluding steroid dienone is 1. The van der Waals surface area contributed by atoms with Crippen LogP contribution >= 0.6 is 0 Å². The van der Waals surface area contributed by atoms with Crippen LogP contribution < -0.4 is 29.0 Å². The number of nitrogens with one attached hydrogen (secondary N) is 1. The van der Waals surface area contributed by atoms with Gasteiger partial charge in [0.05, 0.1) is 32.6 Å². The molecule has 1 amide bonds. The predicted molar refractivity (Wildman–Crippen MR) is 126 cm³/mol. The highest BCUT2D eigenvalue weighted by Crippen LogP contribution is 2.36. The minimum absolute atomic E-state index is 0.157. The Morgan fingerprint density at radius 2 is 1.68 bits per heavy atom. The molecule has 0 saturated heterocycles. The Balaban J connectivity index is 1.44. The number of amides is 1. The number of anilines is 1. The molecule has 3 aromatic carbocycles. The molecule has 0 aliphatic carbocycles. The summed E-state index contributed by atoms with van der Waals surface area (Å²) in [4.78, 5) is 25.1. The third kappa shape index (κ3) is 4.80. The first-order chi connectivity index (χ1) is 16.5. The van der Waals surface area contributed by atoms with Gasteiger partial charge in [-0.2, -0.15) is 0 Å². The van der Waals surface area contributed by atoms with Crippen molar-refractivity contribution in [1.29, 1.82) is 0 Å². The van der Waals surface area contributed by atoms with Crippen LogP contribution in [0.15, 0.2) is 66.4 Å². The highest BCUT2D eigenvalue weighted by atomic mass is 16.5. The summed E-state index contributed by atoms with van der Waals surface area (Å²) < 4.78 is 27.2. The van der Waals surface area contributed by atoms with E-state index in [-0.39, 0.29) is 24.1 Å². The fraction of sp³-hybridized carbons (Fsp3) is 0.154. The average Bonchev–Trinajstić information content (AvgIpc) is 3.17. The van der Waals surface area contributed by atoms with Crippen LogP contribution in [-0.2, 0) is 4.79 Å². The standard InChI is InChI=1S/C26H23NO7/c1-30-17-9-8-16(22(13-17)32-3)12-24-26(29)19-11-10-18(14-23(19)34-24)33-15-25(28)27-20-6-4-5-7-21(20)31-2/h4-14H,15H2,1-3H3,(H,27,28). The molecule has 0 bridgehead atoms. The SMILES string of the molecule is COc1ccc(C=C2Oc3cc(OCC(=O)Nc4ccccc4OC)ccc3C2=O)c(OC)c1. The molecule has 1 aliphatic heterocycles. The Morgan fingerprint density at radius 1 is 0.912 bits per heavy atom. The van der Waals surface area contributed by atoms with Crippen LogP contribution in [0.2, 0.25) is 0 Å². The monoisotopic (exact) mass is 461 g/mol. The summed E-state index contributed by atoms with van der Waals surface area (Å²) in [7, 11) is 4.63. The van der Waals surface area contributed by atoms with Crippen molar-refractivity contribution in [3.05, 3.63) is 77.5 Å². The number of ketones is 1. The second-order valence-corrected chi connectivity index (χ2v) is 7.24. The summed E-state index contributed by atoms with van der Waals surface area (Å²) in [6, 6.07) is 17.2. The van der Waals surface area contributed by atoms with Gasteiger partial charge in [0.25, 0.3) is 5.91 Å². The molecule has 0 aromatic heterocycles. The Bertz CT molecular complexity index is 1270. The van der Waals surface area contributed by atoms with Gasteiger partial charge in [-0.1, -0.05) is 12.1 Å². The van der Waals surface area contributed by atoms with E-state index >= 15 is 0 Å². The van der Waals surface area contributed by atoms with E-state index in [0.29, 0.717) is 45.6 Å². The van der Waals surface area contributed by atoms with Gasteiger partial charge < -0.3 is 29.0 Å². The first-order valence-corrected chi connectivity index (χ1v) is 10.4. The fourth-order valence-corrected chi connectivity index (χ4v) is 3.42. The minimum atomic E-state index is -0.353. The van der Waals surface area contributed by atoms with Crippen LogP contribution in [0.3, 0.4) is 0 Å². The van der Waals surface area contributed by atoms with Crippen molar-refractivity contribution < 1.29 is 33.3 Å². The number of carbonyl (C=O) groups excluding carboxylic acids is 2. The summed E-state index contributed by atoms with van der Waals surface area (Å²) in [5.41, 5.74) is 1.62. The van der Waals surface area contributed by atoms with E-state index in [4.69, 9.17) is 23.7 Å². The molecule has 174 valence electrons. The van der Waals surface area contributed by atoms with E-state index in [1.807, 2.05) is 6.07 Å². The molecule has 3 aromatic rings. The average molecular weight is 461 g/mol. The van der Waals surface area contributed by atoms with Crippen molar-refractivity contribution in [2.75, 3.05) is 33.3 Å². The van der Waals surface area contributed by atoms with Crippen LogP contribution in [0.4, 0.5) is 5.69 Å². The number of rotatable bonds is 8. The van der Waals surface area contributed by atoms with Crippen LogP contribution in [0, 0.1) is 0 Å². The van der Waals surface area contributed by atoms with Crippen molar-refractivity contribution in [1.82, 2.24) is 0 Å². The number of para-hydroxylation sites is 2. The quantitative estimate of drug-likeness (QED) is 0.499. The summed E-state index contributed by atoms with van der Waals surface area (Å²) >= 11 is 0. The van der Waals surface area contributed by atoms with Gasteiger partial charge in [0.1, 0.15) is 28.7 Å². The molecule has 8 heteroatoms. The van der Waals surface area contributed by atoms with Crippen LogP contribution in [-0.4, -0.2) is 39.6 Å². The smallest absolute Gasteiger partial charge is 0.262 e. The van der Waals surface area contributed by atoms with Crippen molar-refractivity contribution in [2.45, 2.75) is 0 Å². The van der Waals surface area contributed by atoms with Gasteiger partial charge in [0.2, 0.25) is 5.78 Å². The topological polar surface area (TPSA) is 92.3 Å². The highest BCUT2D eigenvalue weighted by molar-refractivity contribution is 6.14. The summed E-state index contributed by atoms with van der Waals surface area (Å²) in [5.74, 6) is 2.03. The van der Waals surface area contributed by atoms with Crippen molar-refractivity contribution in [2.24, 2.45) is 0 Å². The third-order valence-corrected chi connectivity index (χ3v) is 5.12. The normalized spacial score (nSPS) is 13.1. The van der Waals surface area contributed by atoms with E-state index in [9.17, 15) is 9.59 Å². The lowest BCUT2D eigenvalue weighted by atomic mass is 10.1. The van der Waals surface area contributed by atoms with Crippen LogP contribution in [0.5, 0.6) is 28.7 Å². The second-order valence-electron chi connectivity index (χ2n) is 7.24. The Morgan fingerprint density at radius 3 is 2.44 bits per heavy atom. The summed E-state index contributed by atoms with van der Waals surface area (Å²) in [6.07, 6.45) is 1.61. The lowest BCUT2D eigenvalue weighted by molar-refractivity contribution is -0.118. The second kappa shape index (κ2) is 9.99. The van der Waals surface area contributed by atoms with Crippen molar-refractivity contribution >= 4 is 23.5 Å². The molecular weight excluding hydrogens is 438 g/mol. The van der Waals surface area contributed by atoms with E-state index < -0.39 is 0 Å². The number of ether oxygens (including phenoxy) is 5. The molecule has 34 heavy (non-hydrogen) atoms. The van der Waals surface area contributed by atoms with E-state index in [2.05, 4.69) is 5.32 Å². The van der Waals surface area contributed by atoms with Gasteiger partial charge in [-0.05, 0) is 42.5 Å². The number of hydrogen-bond acceptors (Lipinski definition) is 7. The van der Waals surface area contributed by atoms with Gasteiger partial charge >= 0.3 is 0 Å². The first kappa shape index (κ1) is 22.7. The number of fused-ring (bicyclic) bond motifs is 1. The van der Waals surface area contributed by atoms with Crippen LogP contribution in [0.1, 0.15) is 15.9 Å². The van der Waals surface area contributed by atoms with Gasteiger partial charge in [-0.15, -0.1) is 0 Å². The molecule has 0 unspecified atom stereocenters. The molecule has 0 saturated carbocycles. The molecule has 0 fully saturated rings. The number of Topliss-reactive ketones (excluding diaryl/α,β-unsaturated/α-hetero) is 1. The fourth-order valence-electron chi connectivity index (χ4n) is 3.42. The first-order valence-electron chi connectivity index (χ1n) is 10.4. The minimum Gasteiger partial charge on any atom is -0.497 e. The molecule has 1 aliphatic rings. The van der Waals surface area contributed by atoms with E-state index in [0.717, 1.165) is 0 Å². The number of benzene rings is 3. The number of hydrogen-bond donors (Lipinski definition) is 1. The zero-order valence-corrected chi connectivity index (χ0v) is 18.9. The zero-order chi connectivity index (χ0) is 24.1. The molecule has 4 rings (SSSR count). The molecule has 0 spiro atoms. The molecule has 1 N–H and O–H groups in total. The largest absolute Gasteiger partial charge is 0.497 e. The van der Waals surface area contributed by atoms with E-state index in [1.165, 1.54) is 14.2 Å². The summed E-state index contributed by atoms with van der Waals surface area (Å²) in [6.45, 7) is -0.226. The number of methoxy groups -OCH3 is 3. The molecule has 8 nitrogen and oxygen atoms in total.